The predicted molar refractivity (Wildman–Crippen MR) is 114 cm³/mol. The second-order valence-corrected chi connectivity index (χ2v) is 7.32. The van der Waals surface area contributed by atoms with Crippen molar-refractivity contribution in [3.05, 3.63) is 72.4 Å². The van der Waals surface area contributed by atoms with Crippen molar-refractivity contribution in [2.24, 2.45) is 0 Å². The van der Waals surface area contributed by atoms with Gasteiger partial charge in [-0.15, -0.1) is 0 Å². The summed E-state index contributed by atoms with van der Waals surface area (Å²) in [7, 11) is 0. The first kappa shape index (κ1) is 21.5. The van der Waals surface area contributed by atoms with Gasteiger partial charge in [-0.1, -0.05) is 48.5 Å². The maximum atomic E-state index is 10.6. The summed E-state index contributed by atoms with van der Waals surface area (Å²) in [5.74, 6) is 0. The number of aliphatic hydroxyl groups is 3. The molecule has 0 aliphatic rings. The Hall–Kier alpha value is -2.22. The largest absolute Gasteiger partial charge is 0.395 e. The molecule has 6 heteroatoms. The molecule has 0 bridgehead atoms. The van der Waals surface area contributed by atoms with E-state index in [0.717, 1.165) is 16.5 Å². The van der Waals surface area contributed by atoms with E-state index in [1.807, 2.05) is 76.3 Å². The molecule has 0 radical (unpaired) electrons. The van der Waals surface area contributed by atoms with Gasteiger partial charge >= 0.3 is 0 Å². The smallest absolute Gasteiger partial charge is 0.0900 e. The summed E-state index contributed by atoms with van der Waals surface area (Å²) in [6.45, 7) is 2.16. The number of ether oxygens (including phenoxy) is 1. The normalized spacial score (nSPS) is 13.8. The van der Waals surface area contributed by atoms with Gasteiger partial charge in [0.05, 0.1) is 32.0 Å². The van der Waals surface area contributed by atoms with Crippen LogP contribution < -0.4 is 0 Å². The minimum absolute atomic E-state index is 0.0310. The summed E-state index contributed by atoms with van der Waals surface area (Å²) in [4.78, 5) is 1.87. The van der Waals surface area contributed by atoms with Gasteiger partial charge in [0.15, 0.2) is 0 Å². The van der Waals surface area contributed by atoms with E-state index in [4.69, 9.17) is 4.74 Å². The molecule has 3 N–H and O–H groups in total. The number of aliphatic hydroxyl groups excluding tert-OH is 3. The number of aromatic nitrogens is 1. The van der Waals surface area contributed by atoms with Crippen LogP contribution in [0, 0.1) is 0 Å². The van der Waals surface area contributed by atoms with Gasteiger partial charge in [0.1, 0.15) is 0 Å². The second-order valence-electron chi connectivity index (χ2n) is 7.32. The molecule has 29 heavy (non-hydrogen) atoms. The van der Waals surface area contributed by atoms with Gasteiger partial charge in [-0.25, -0.2) is 0 Å². The van der Waals surface area contributed by atoms with Gasteiger partial charge in [-0.05, 0) is 23.1 Å². The summed E-state index contributed by atoms with van der Waals surface area (Å²) in [6.07, 6.45) is 0.663. The first-order chi connectivity index (χ1) is 14.2. The molecule has 1 aromatic heterocycles. The predicted octanol–water partition coefficient (Wildman–Crippen LogP) is 1.87. The van der Waals surface area contributed by atoms with Crippen molar-refractivity contribution in [2.45, 2.75) is 25.4 Å². The Morgan fingerprint density at radius 1 is 0.897 bits per heavy atom. The lowest BCUT2D eigenvalue weighted by atomic mass is 10.2. The van der Waals surface area contributed by atoms with Crippen molar-refractivity contribution < 1.29 is 20.1 Å². The zero-order valence-corrected chi connectivity index (χ0v) is 16.6. The number of nitrogens with zero attached hydrogens (tertiary/aromatic N) is 2. The van der Waals surface area contributed by atoms with E-state index in [1.165, 1.54) is 0 Å². The molecule has 0 fully saturated rings. The fraction of sp³-hybridized carbons (Fsp3) is 0.391. The fourth-order valence-electron chi connectivity index (χ4n) is 3.52. The molecule has 3 aromatic rings. The summed E-state index contributed by atoms with van der Waals surface area (Å²) < 4.78 is 7.62. The molecule has 0 spiro atoms. The highest BCUT2D eigenvalue weighted by molar-refractivity contribution is 5.79. The standard InChI is InChI=1S/C23H30N2O4/c26-13-12-24(15-22(28)18-29-17-19-6-2-1-3-7-19)14-21(27)16-25-11-10-20-8-4-5-9-23(20)25/h1-11,21-22,26-28H,12-18H2/t21-,22+/m0/s1. The van der Waals surface area contributed by atoms with Crippen LogP contribution in [0.4, 0.5) is 0 Å². The second kappa shape index (κ2) is 11.1. The third kappa shape index (κ3) is 6.66. The van der Waals surface area contributed by atoms with Crippen LogP contribution in [0.2, 0.25) is 0 Å². The Balaban J connectivity index is 1.46. The number of hydrogen-bond donors (Lipinski definition) is 3. The van der Waals surface area contributed by atoms with Crippen LogP contribution >= 0.6 is 0 Å². The van der Waals surface area contributed by atoms with Crippen LogP contribution in [0.25, 0.3) is 10.9 Å². The lowest BCUT2D eigenvalue weighted by Gasteiger charge is -2.27. The molecule has 0 saturated carbocycles. The molecule has 0 amide bonds. The van der Waals surface area contributed by atoms with Gasteiger partial charge in [-0.3, -0.25) is 4.90 Å². The number of rotatable bonds is 12. The Kier molecular flexibility index (Phi) is 8.22. The van der Waals surface area contributed by atoms with Crippen molar-refractivity contribution in [2.75, 3.05) is 32.8 Å². The van der Waals surface area contributed by atoms with Crippen molar-refractivity contribution in [3.8, 4) is 0 Å². The van der Waals surface area contributed by atoms with Crippen molar-refractivity contribution in [3.63, 3.8) is 0 Å². The van der Waals surface area contributed by atoms with Crippen molar-refractivity contribution in [1.82, 2.24) is 9.47 Å². The molecule has 1 heterocycles. The minimum Gasteiger partial charge on any atom is -0.395 e. The number of benzene rings is 2. The molecule has 3 rings (SSSR count). The van der Waals surface area contributed by atoms with Crippen LogP contribution in [-0.4, -0.2) is 69.8 Å². The molecule has 6 nitrogen and oxygen atoms in total. The van der Waals surface area contributed by atoms with E-state index in [-0.39, 0.29) is 13.2 Å². The summed E-state index contributed by atoms with van der Waals surface area (Å²) in [5, 5.41) is 31.3. The van der Waals surface area contributed by atoms with Crippen LogP contribution in [0.15, 0.2) is 66.9 Å². The van der Waals surface area contributed by atoms with Gasteiger partial charge in [0.25, 0.3) is 0 Å². The highest BCUT2D eigenvalue weighted by Crippen LogP contribution is 2.15. The highest BCUT2D eigenvalue weighted by atomic mass is 16.5. The van der Waals surface area contributed by atoms with Crippen LogP contribution in [0.5, 0.6) is 0 Å². The van der Waals surface area contributed by atoms with Crippen LogP contribution in [0.3, 0.4) is 0 Å². The molecule has 2 atom stereocenters. The van der Waals surface area contributed by atoms with Crippen molar-refractivity contribution in [1.29, 1.82) is 0 Å². The quantitative estimate of drug-likeness (QED) is 0.434. The van der Waals surface area contributed by atoms with Gasteiger partial charge in [-0.2, -0.15) is 0 Å². The summed E-state index contributed by atoms with van der Waals surface area (Å²) >= 11 is 0. The maximum absolute atomic E-state index is 10.6. The van der Waals surface area contributed by atoms with E-state index >= 15 is 0 Å². The van der Waals surface area contributed by atoms with Crippen LogP contribution in [0.1, 0.15) is 5.56 Å². The summed E-state index contributed by atoms with van der Waals surface area (Å²) in [6, 6.07) is 19.9. The topological polar surface area (TPSA) is 78.1 Å². The molecule has 0 saturated heterocycles. The average Bonchev–Trinajstić information content (AvgIpc) is 3.12. The molecule has 0 aliphatic heterocycles. The maximum Gasteiger partial charge on any atom is 0.0900 e. The number of hydrogen-bond acceptors (Lipinski definition) is 5. The fourth-order valence-corrected chi connectivity index (χ4v) is 3.52. The minimum atomic E-state index is -0.690. The molecular formula is C23H30N2O4. The van der Waals surface area contributed by atoms with Crippen molar-refractivity contribution >= 4 is 10.9 Å². The lowest BCUT2D eigenvalue weighted by molar-refractivity contribution is -0.00208. The zero-order chi connectivity index (χ0) is 20.5. The van der Waals surface area contributed by atoms with E-state index in [2.05, 4.69) is 0 Å². The highest BCUT2D eigenvalue weighted by Gasteiger charge is 2.16. The van der Waals surface area contributed by atoms with Gasteiger partial charge in [0.2, 0.25) is 0 Å². The number of fused-ring (bicyclic) bond motifs is 1. The molecule has 2 aromatic carbocycles. The molecule has 0 unspecified atom stereocenters. The Morgan fingerprint density at radius 2 is 1.62 bits per heavy atom. The van der Waals surface area contributed by atoms with Gasteiger partial charge < -0.3 is 24.6 Å². The van der Waals surface area contributed by atoms with E-state index in [0.29, 0.717) is 32.8 Å². The third-order valence-corrected chi connectivity index (χ3v) is 4.86. The molecular weight excluding hydrogens is 368 g/mol. The van der Waals surface area contributed by atoms with Crippen LogP contribution in [-0.2, 0) is 17.9 Å². The first-order valence-corrected chi connectivity index (χ1v) is 10.0. The number of para-hydroxylation sites is 1. The Labute approximate surface area is 171 Å². The Bertz CT molecular complexity index is 852. The molecule has 156 valence electrons. The lowest BCUT2D eigenvalue weighted by Crippen LogP contribution is -2.42. The summed E-state index contributed by atoms with van der Waals surface area (Å²) in [5.41, 5.74) is 2.14. The monoisotopic (exact) mass is 398 g/mol. The van der Waals surface area contributed by atoms with E-state index < -0.39 is 12.2 Å². The first-order valence-electron chi connectivity index (χ1n) is 10.0. The average molecular weight is 399 g/mol. The zero-order valence-electron chi connectivity index (χ0n) is 16.6. The van der Waals surface area contributed by atoms with Gasteiger partial charge in [0, 0.05) is 37.9 Å². The third-order valence-electron chi connectivity index (χ3n) is 4.86. The van der Waals surface area contributed by atoms with E-state index in [1.54, 1.807) is 0 Å². The SMILES string of the molecule is OCCN(C[C@@H](O)COCc1ccccc1)C[C@H](O)Cn1ccc2ccccc21. The van der Waals surface area contributed by atoms with E-state index in [9.17, 15) is 15.3 Å². The Morgan fingerprint density at radius 3 is 2.41 bits per heavy atom. The molecule has 0 aliphatic carbocycles.